The highest BCUT2D eigenvalue weighted by Gasteiger charge is 2.45. The van der Waals surface area contributed by atoms with E-state index < -0.39 is 49.4 Å². The van der Waals surface area contributed by atoms with Gasteiger partial charge in [0.2, 0.25) is 0 Å². The number of carbonyl (C=O) groups excluding carboxylic acids is 1. The van der Waals surface area contributed by atoms with Crippen LogP contribution < -0.4 is 0 Å². The van der Waals surface area contributed by atoms with Gasteiger partial charge in [-0.3, -0.25) is 4.79 Å². The molecule has 2 fully saturated rings. The monoisotopic (exact) mass is 264 g/mol. The van der Waals surface area contributed by atoms with Crippen LogP contribution in [0.3, 0.4) is 0 Å². The molecule has 0 unspecified atom stereocenters. The third kappa shape index (κ3) is 2.63. The predicted octanol–water partition coefficient (Wildman–Crippen LogP) is -2.88. The van der Waals surface area contributed by atoms with Gasteiger partial charge in [-0.15, -0.1) is 0 Å². The summed E-state index contributed by atoms with van der Waals surface area (Å²) in [6.45, 7) is -0.473. The Labute approximate surface area is 103 Å². The van der Waals surface area contributed by atoms with Crippen molar-refractivity contribution >= 4 is 5.97 Å². The normalized spacial score (nSPS) is 45.0. The van der Waals surface area contributed by atoms with Crippen LogP contribution in [0, 0.1) is 0 Å². The summed E-state index contributed by atoms with van der Waals surface area (Å²) in [4.78, 5) is 10.9. The average Bonchev–Trinajstić information content (AvgIpc) is 2.75. The summed E-state index contributed by atoms with van der Waals surface area (Å²) in [7, 11) is 0. The maximum Gasteiger partial charge on any atom is 0.308 e. The van der Waals surface area contributed by atoms with Crippen LogP contribution in [0.4, 0.5) is 0 Å². The molecule has 0 aromatic heterocycles. The number of hydrogen-bond acceptors (Lipinski definition) is 8. The second-order valence-corrected chi connectivity index (χ2v) is 4.34. The van der Waals surface area contributed by atoms with Crippen molar-refractivity contribution in [3.8, 4) is 0 Å². The van der Waals surface area contributed by atoms with Crippen molar-refractivity contribution in [3.05, 3.63) is 0 Å². The summed E-state index contributed by atoms with van der Waals surface area (Å²) in [5, 5.41) is 37.7. The Balaban J connectivity index is 1.96. The molecule has 4 N–H and O–H groups in total. The Kier molecular flexibility index (Phi) is 4.15. The average molecular weight is 264 g/mol. The molecular formula is C10H16O8. The van der Waals surface area contributed by atoms with E-state index >= 15 is 0 Å². The number of rotatable bonds is 3. The van der Waals surface area contributed by atoms with Gasteiger partial charge in [-0.25, -0.2) is 0 Å². The lowest BCUT2D eigenvalue weighted by molar-refractivity contribution is -0.310. The summed E-state index contributed by atoms with van der Waals surface area (Å²) in [5.41, 5.74) is 0. The molecule has 2 rings (SSSR count). The molecule has 0 saturated carbocycles. The van der Waals surface area contributed by atoms with Gasteiger partial charge >= 0.3 is 5.97 Å². The maximum absolute atomic E-state index is 10.9. The second-order valence-electron chi connectivity index (χ2n) is 4.34. The molecule has 0 aromatic rings. The standard InChI is InChI=1S/C10H16O8/c11-2-5-7(13)8(14)9(15)10(18-5)17-4-1-6(12)16-3-4/h4-5,7-11,13-15H,1-3H2/t4-,5-,7-,8+,9+,10+/m1/s1. The number of carbonyl (C=O) groups is 1. The van der Waals surface area contributed by atoms with Gasteiger partial charge in [0.15, 0.2) is 6.29 Å². The molecule has 0 aliphatic carbocycles. The van der Waals surface area contributed by atoms with Crippen molar-refractivity contribution in [2.45, 2.75) is 43.2 Å². The molecule has 0 radical (unpaired) electrons. The van der Waals surface area contributed by atoms with Crippen molar-refractivity contribution in [2.24, 2.45) is 0 Å². The zero-order chi connectivity index (χ0) is 13.3. The molecule has 2 heterocycles. The van der Waals surface area contributed by atoms with Crippen LogP contribution >= 0.6 is 0 Å². The zero-order valence-electron chi connectivity index (χ0n) is 9.51. The summed E-state index contributed by atoms with van der Waals surface area (Å²) in [6.07, 6.45) is -7.15. The van der Waals surface area contributed by atoms with E-state index in [1.54, 1.807) is 0 Å². The first kappa shape index (κ1) is 13.7. The van der Waals surface area contributed by atoms with E-state index in [0.717, 1.165) is 0 Å². The molecule has 0 bridgehead atoms. The Morgan fingerprint density at radius 2 is 1.94 bits per heavy atom. The molecule has 8 heteroatoms. The smallest absolute Gasteiger partial charge is 0.308 e. The topological polar surface area (TPSA) is 126 Å². The van der Waals surface area contributed by atoms with Crippen LogP contribution in [0.15, 0.2) is 0 Å². The quantitative estimate of drug-likeness (QED) is 0.400. The zero-order valence-corrected chi connectivity index (χ0v) is 9.51. The number of cyclic esters (lactones) is 1. The van der Waals surface area contributed by atoms with Crippen molar-refractivity contribution in [1.82, 2.24) is 0 Å². The lowest BCUT2D eigenvalue weighted by atomic mass is 9.99. The van der Waals surface area contributed by atoms with E-state index in [9.17, 15) is 20.1 Å². The number of esters is 1. The molecule has 2 saturated heterocycles. The fraction of sp³-hybridized carbons (Fsp3) is 0.900. The minimum atomic E-state index is -1.49. The second kappa shape index (κ2) is 5.47. The van der Waals surface area contributed by atoms with Crippen LogP contribution in [-0.4, -0.2) is 76.4 Å². The number of aliphatic hydroxyl groups excluding tert-OH is 4. The molecule has 2 aliphatic heterocycles. The molecule has 8 nitrogen and oxygen atoms in total. The van der Waals surface area contributed by atoms with E-state index in [1.807, 2.05) is 0 Å². The Morgan fingerprint density at radius 1 is 1.22 bits per heavy atom. The van der Waals surface area contributed by atoms with Gasteiger partial charge in [-0.05, 0) is 0 Å². The SMILES string of the molecule is O=C1C[C@@H](O[C@H]2O[C@H](CO)[C@@H](O)[C@H](O)[C@@H]2O)CO1. The van der Waals surface area contributed by atoms with Gasteiger partial charge in [0.05, 0.1) is 13.0 Å². The van der Waals surface area contributed by atoms with E-state index in [4.69, 9.17) is 14.6 Å². The van der Waals surface area contributed by atoms with E-state index in [-0.39, 0.29) is 13.0 Å². The summed E-state index contributed by atoms with van der Waals surface area (Å²) in [6, 6.07) is 0. The van der Waals surface area contributed by atoms with E-state index in [0.29, 0.717) is 0 Å². The van der Waals surface area contributed by atoms with Crippen LogP contribution in [0.2, 0.25) is 0 Å². The minimum Gasteiger partial charge on any atom is -0.463 e. The number of ether oxygens (including phenoxy) is 3. The van der Waals surface area contributed by atoms with Crippen LogP contribution in [0.5, 0.6) is 0 Å². The Morgan fingerprint density at radius 3 is 2.50 bits per heavy atom. The number of aliphatic hydroxyl groups is 4. The third-order valence-electron chi connectivity index (χ3n) is 3.00. The highest BCUT2D eigenvalue weighted by molar-refractivity contribution is 5.71. The lowest BCUT2D eigenvalue weighted by Crippen LogP contribution is -2.59. The number of hydrogen-bond donors (Lipinski definition) is 4. The fourth-order valence-electron chi connectivity index (χ4n) is 1.95. The summed E-state index contributed by atoms with van der Waals surface area (Å²) in [5.74, 6) is -0.412. The van der Waals surface area contributed by atoms with Gasteiger partial charge in [0.1, 0.15) is 37.1 Å². The van der Waals surface area contributed by atoms with Crippen LogP contribution in [0.25, 0.3) is 0 Å². The van der Waals surface area contributed by atoms with Gasteiger partial charge in [-0.1, -0.05) is 0 Å². The van der Waals surface area contributed by atoms with E-state index in [1.165, 1.54) is 0 Å². The van der Waals surface area contributed by atoms with Gasteiger partial charge < -0.3 is 34.6 Å². The minimum absolute atomic E-state index is 0.0367. The van der Waals surface area contributed by atoms with Gasteiger partial charge in [0, 0.05) is 0 Å². The summed E-state index contributed by atoms with van der Waals surface area (Å²) < 4.78 is 15.1. The lowest BCUT2D eigenvalue weighted by Gasteiger charge is -2.40. The fourth-order valence-corrected chi connectivity index (χ4v) is 1.95. The van der Waals surface area contributed by atoms with Crippen molar-refractivity contribution in [1.29, 1.82) is 0 Å². The first-order valence-corrected chi connectivity index (χ1v) is 5.64. The van der Waals surface area contributed by atoms with Crippen molar-refractivity contribution in [2.75, 3.05) is 13.2 Å². The van der Waals surface area contributed by atoms with Gasteiger partial charge in [-0.2, -0.15) is 0 Å². The molecular weight excluding hydrogens is 248 g/mol. The molecule has 18 heavy (non-hydrogen) atoms. The molecule has 0 spiro atoms. The van der Waals surface area contributed by atoms with Gasteiger partial charge in [0.25, 0.3) is 0 Å². The first-order chi connectivity index (χ1) is 8.52. The van der Waals surface area contributed by atoms with Crippen LogP contribution in [0.1, 0.15) is 6.42 Å². The maximum atomic E-state index is 10.9. The highest BCUT2D eigenvalue weighted by atomic mass is 16.7. The molecule has 2 aliphatic rings. The molecule has 6 atom stereocenters. The van der Waals surface area contributed by atoms with Crippen LogP contribution in [-0.2, 0) is 19.0 Å². The van der Waals surface area contributed by atoms with E-state index in [2.05, 4.69) is 4.74 Å². The summed E-state index contributed by atoms with van der Waals surface area (Å²) >= 11 is 0. The molecule has 0 aromatic carbocycles. The van der Waals surface area contributed by atoms with Crippen molar-refractivity contribution in [3.63, 3.8) is 0 Å². The Hall–Kier alpha value is -0.770. The first-order valence-electron chi connectivity index (χ1n) is 5.64. The largest absolute Gasteiger partial charge is 0.463 e. The third-order valence-corrected chi connectivity index (χ3v) is 3.00. The van der Waals surface area contributed by atoms with Crippen molar-refractivity contribution < 1.29 is 39.4 Å². The molecule has 104 valence electrons. The highest BCUT2D eigenvalue weighted by Crippen LogP contribution is 2.24. The Bertz CT molecular complexity index is 306. The predicted molar refractivity (Wildman–Crippen MR) is 54.2 cm³/mol. The molecule has 0 amide bonds.